The molecule has 2 aromatic carbocycles. The SMILES string of the molecule is CC(C)[C@H](NC(=O)OCc1ccccc1)C1=NOC(C(=O)N(C)[C@@H](CC(=O)O)C(=O)CBr)(c2ccccc2)C1. The number of nitrogens with zero attached hydrogens (tertiary/aromatic N) is 2. The zero-order valence-corrected chi connectivity index (χ0v) is 23.6. The number of nitrogens with one attached hydrogen (secondary N) is 1. The van der Waals surface area contributed by atoms with Crippen molar-refractivity contribution >= 4 is 45.4 Å². The van der Waals surface area contributed by atoms with Crippen molar-refractivity contribution in [3.05, 3.63) is 71.8 Å². The molecule has 1 aliphatic heterocycles. The highest BCUT2D eigenvalue weighted by Crippen LogP contribution is 2.38. The highest BCUT2D eigenvalue weighted by Gasteiger charge is 2.52. The number of carbonyl (C=O) groups is 4. The average molecular weight is 602 g/mol. The van der Waals surface area contributed by atoms with Crippen LogP contribution in [0.1, 0.15) is 37.8 Å². The minimum atomic E-state index is -1.66. The molecular formula is C28H32BrN3O7. The Bertz CT molecular complexity index is 1210. The molecular weight excluding hydrogens is 570 g/mol. The van der Waals surface area contributed by atoms with Crippen molar-refractivity contribution in [3.8, 4) is 0 Å². The molecule has 0 fully saturated rings. The first-order valence-electron chi connectivity index (χ1n) is 12.4. The molecule has 11 heteroatoms. The molecule has 2 N–H and O–H groups in total. The number of amides is 2. The van der Waals surface area contributed by atoms with Crippen LogP contribution in [0.2, 0.25) is 0 Å². The fourth-order valence-electron chi connectivity index (χ4n) is 4.40. The van der Waals surface area contributed by atoms with Crippen molar-refractivity contribution in [3.63, 3.8) is 0 Å². The van der Waals surface area contributed by atoms with Gasteiger partial charge in [0.2, 0.25) is 5.60 Å². The van der Waals surface area contributed by atoms with Gasteiger partial charge in [0.25, 0.3) is 5.91 Å². The molecule has 1 aliphatic rings. The molecule has 2 aromatic rings. The lowest BCUT2D eigenvalue weighted by Gasteiger charge is -2.34. The number of likely N-dealkylation sites (N-methyl/N-ethyl adjacent to an activating group) is 1. The Hall–Kier alpha value is -3.73. The van der Waals surface area contributed by atoms with Gasteiger partial charge >= 0.3 is 12.1 Å². The lowest BCUT2D eigenvalue weighted by Crippen LogP contribution is -2.53. The number of aliphatic carboxylic acids is 1. The van der Waals surface area contributed by atoms with E-state index in [1.54, 1.807) is 30.3 Å². The van der Waals surface area contributed by atoms with Gasteiger partial charge in [0, 0.05) is 19.0 Å². The third-order valence-electron chi connectivity index (χ3n) is 6.51. The molecule has 1 heterocycles. The molecule has 0 radical (unpaired) electrons. The van der Waals surface area contributed by atoms with Crippen molar-refractivity contribution in [2.24, 2.45) is 11.1 Å². The van der Waals surface area contributed by atoms with Crippen LogP contribution in [-0.2, 0) is 36.2 Å². The van der Waals surface area contributed by atoms with E-state index in [-0.39, 0.29) is 24.3 Å². The Labute approximate surface area is 235 Å². The van der Waals surface area contributed by atoms with Crippen LogP contribution in [0.25, 0.3) is 0 Å². The average Bonchev–Trinajstić information content (AvgIpc) is 3.39. The number of alkyl halides is 1. The van der Waals surface area contributed by atoms with Crippen molar-refractivity contribution in [2.45, 2.75) is 51.0 Å². The van der Waals surface area contributed by atoms with E-state index < -0.39 is 47.9 Å². The number of rotatable bonds is 12. The van der Waals surface area contributed by atoms with E-state index in [0.717, 1.165) is 10.5 Å². The zero-order chi connectivity index (χ0) is 28.6. The second-order valence-corrected chi connectivity index (χ2v) is 10.2. The summed E-state index contributed by atoms with van der Waals surface area (Å²) < 4.78 is 5.38. The summed E-state index contributed by atoms with van der Waals surface area (Å²) in [6.45, 7) is 3.86. The minimum Gasteiger partial charge on any atom is -0.481 e. The highest BCUT2D eigenvalue weighted by molar-refractivity contribution is 9.09. The first-order chi connectivity index (χ1) is 18.6. The number of hydrogen-bond donors (Lipinski definition) is 2. The van der Waals surface area contributed by atoms with Gasteiger partial charge in [0.1, 0.15) is 12.6 Å². The second kappa shape index (κ2) is 13.4. The quantitative estimate of drug-likeness (QED) is 0.352. The Kier molecular flexibility index (Phi) is 10.2. The predicted octanol–water partition coefficient (Wildman–Crippen LogP) is 3.87. The fraction of sp³-hybridized carbons (Fsp3) is 0.393. The summed E-state index contributed by atoms with van der Waals surface area (Å²) in [4.78, 5) is 57.7. The third kappa shape index (κ3) is 7.23. The number of oxime groups is 1. The summed E-state index contributed by atoms with van der Waals surface area (Å²) in [7, 11) is 1.38. The maximum atomic E-state index is 14.0. The molecule has 3 atom stereocenters. The molecule has 2 amide bonds. The molecule has 1 unspecified atom stereocenters. The first-order valence-corrected chi connectivity index (χ1v) is 13.6. The van der Waals surface area contributed by atoms with Crippen molar-refractivity contribution in [2.75, 3.05) is 12.4 Å². The van der Waals surface area contributed by atoms with Gasteiger partial charge in [-0.25, -0.2) is 4.79 Å². The molecule has 0 saturated heterocycles. The molecule has 0 spiro atoms. The van der Waals surface area contributed by atoms with Gasteiger partial charge in [-0.05, 0) is 11.5 Å². The van der Waals surface area contributed by atoms with Crippen LogP contribution < -0.4 is 5.32 Å². The summed E-state index contributed by atoms with van der Waals surface area (Å²) >= 11 is 3.07. The molecule has 39 heavy (non-hydrogen) atoms. The van der Waals surface area contributed by atoms with E-state index in [1.807, 2.05) is 44.2 Å². The molecule has 208 valence electrons. The first kappa shape index (κ1) is 29.8. The van der Waals surface area contributed by atoms with Crippen LogP contribution in [0.15, 0.2) is 65.8 Å². The number of carboxylic acids is 1. The lowest BCUT2D eigenvalue weighted by molar-refractivity contribution is -0.160. The van der Waals surface area contributed by atoms with Gasteiger partial charge in [-0.1, -0.05) is 95.6 Å². The van der Waals surface area contributed by atoms with Gasteiger partial charge in [-0.3, -0.25) is 14.4 Å². The standard InChI is InChI=1S/C28H32BrN3O7/c1-18(2)25(30-27(37)38-17-19-10-6-4-7-11-19)21-15-28(39-31-21,20-12-8-5-9-13-20)26(36)32(3)22(14-24(34)35)23(33)16-29/h4-13,18,22,25H,14-17H2,1-3H3,(H,30,37)(H,34,35)/t22-,25-,28?/m0/s1. The number of alkyl carbamates (subject to hydrolysis) is 1. The molecule has 3 rings (SSSR count). The Morgan fingerprint density at radius 3 is 2.28 bits per heavy atom. The molecule has 0 aromatic heterocycles. The Morgan fingerprint density at radius 2 is 1.72 bits per heavy atom. The predicted molar refractivity (Wildman–Crippen MR) is 147 cm³/mol. The molecule has 10 nitrogen and oxygen atoms in total. The van der Waals surface area contributed by atoms with E-state index in [9.17, 15) is 24.3 Å². The van der Waals surface area contributed by atoms with Gasteiger partial charge < -0.3 is 24.9 Å². The number of hydrogen-bond acceptors (Lipinski definition) is 7. The van der Waals surface area contributed by atoms with E-state index in [2.05, 4.69) is 26.4 Å². The number of halogens is 1. The zero-order valence-electron chi connectivity index (χ0n) is 22.0. The van der Waals surface area contributed by atoms with Gasteiger partial charge in [-0.15, -0.1) is 0 Å². The maximum Gasteiger partial charge on any atom is 0.408 e. The van der Waals surface area contributed by atoms with E-state index in [1.165, 1.54) is 7.05 Å². The number of ether oxygens (including phenoxy) is 1. The molecule has 0 aliphatic carbocycles. The number of carbonyl (C=O) groups excluding carboxylic acids is 3. The highest BCUT2D eigenvalue weighted by atomic mass is 79.9. The summed E-state index contributed by atoms with van der Waals surface area (Å²) in [5.41, 5.74) is 0.0715. The van der Waals surface area contributed by atoms with Crippen LogP contribution in [-0.4, -0.2) is 63.9 Å². The van der Waals surface area contributed by atoms with Crippen LogP contribution in [0, 0.1) is 5.92 Å². The van der Waals surface area contributed by atoms with Crippen LogP contribution in [0.3, 0.4) is 0 Å². The summed E-state index contributed by atoms with van der Waals surface area (Å²) in [6, 6.07) is 16.1. The van der Waals surface area contributed by atoms with Crippen LogP contribution in [0.4, 0.5) is 4.79 Å². The monoisotopic (exact) mass is 601 g/mol. The maximum absolute atomic E-state index is 14.0. The number of carboxylic acid groups (broad SMARTS) is 1. The Morgan fingerprint density at radius 1 is 1.10 bits per heavy atom. The third-order valence-corrected chi connectivity index (χ3v) is 7.06. The molecule has 0 bridgehead atoms. The second-order valence-electron chi connectivity index (χ2n) is 9.60. The number of Topliss-reactive ketones (excluding diaryl/α,β-unsaturated/α-hetero) is 1. The van der Waals surface area contributed by atoms with Crippen molar-refractivity contribution in [1.82, 2.24) is 10.2 Å². The van der Waals surface area contributed by atoms with Gasteiger partial charge in [0.05, 0.1) is 23.5 Å². The van der Waals surface area contributed by atoms with Crippen molar-refractivity contribution in [1.29, 1.82) is 0 Å². The smallest absolute Gasteiger partial charge is 0.408 e. The number of ketones is 1. The summed E-state index contributed by atoms with van der Waals surface area (Å²) in [5, 5.41) is 16.3. The fourth-order valence-corrected chi connectivity index (χ4v) is 4.77. The van der Waals surface area contributed by atoms with Crippen LogP contribution >= 0.6 is 15.9 Å². The normalized spacial score (nSPS) is 17.9. The van der Waals surface area contributed by atoms with Crippen LogP contribution in [0.5, 0.6) is 0 Å². The van der Waals surface area contributed by atoms with E-state index in [0.29, 0.717) is 11.3 Å². The Balaban J connectivity index is 1.85. The van der Waals surface area contributed by atoms with Gasteiger partial charge in [-0.2, -0.15) is 0 Å². The number of benzene rings is 2. The van der Waals surface area contributed by atoms with Gasteiger partial charge in [0.15, 0.2) is 5.78 Å². The van der Waals surface area contributed by atoms with E-state index in [4.69, 9.17) is 9.57 Å². The largest absolute Gasteiger partial charge is 0.481 e. The lowest BCUT2D eigenvalue weighted by atomic mass is 9.83. The minimum absolute atomic E-state index is 0.0235. The topological polar surface area (TPSA) is 135 Å². The molecule has 0 saturated carbocycles. The van der Waals surface area contributed by atoms with Crippen molar-refractivity contribution < 1.29 is 33.9 Å². The van der Waals surface area contributed by atoms with E-state index >= 15 is 0 Å². The summed E-state index contributed by atoms with van der Waals surface area (Å²) in [5.74, 6) is -2.43. The summed E-state index contributed by atoms with van der Waals surface area (Å²) in [6.07, 6.45) is -1.23.